The topological polar surface area (TPSA) is 55.7 Å². The van der Waals surface area contributed by atoms with Crippen molar-refractivity contribution in [3.05, 3.63) is 0 Å². The molecule has 0 aromatic heterocycles. The van der Waals surface area contributed by atoms with Crippen LogP contribution in [0.25, 0.3) is 0 Å². The molecule has 0 saturated heterocycles. The molecule has 0 radical (unpaired) electrons. The first-order chi connectivity index (χ1) is 7.70. The first kappa shape index (κ1) is 14.8. The molecule has 0 unspecified atom stereocenters. The lowest BCUT2D eigenvalue weighted by molar-refractivity contribution is -0.158. The third-order valence-corrected chi connectivity index (χ3v) is 2.12. The van der Waals surface area contributed by atoms with E-state index < -0.39 is 11.9 Å². The Morgan fingerprint density at radius 1 is 1.12 bits per heavy atom. The minimum atomic E-state index is -0.573. The molecule has 0 aromatic rings. The number of rotatable bonds is 8. The second-order valence-corrected chi connectivity index (χ2v) is 3.61. The molecular weight excluding hydrogens is 206 g/mol. The molecule has 4 heteroatoms. The summed E-state index contributed by atoms with van der Waals surface area (Å²) in [5.74, 6) is -1.01. The summed E-state index contributed by atoms with van der Waals surface area (Å²) in [6.07, 6.45) is 7.16. The number of hydrogen-bond donors (Lipinski definition) is 0. The SMILES string of the molecule is CC=NCC(=O)OC(=O)CCCCCCC. The average molecular weight is 227 g/mol. The maximum Gasteiger partial charge on any atom is 0.335 e. The lowest BCUT2D eigenvalue weighted by Crippen LogP contribution is -2.14. The fourth-order valence-corrected chi connectivity index (χ4v) is 1.25. The van der Waals surface area contributed by atoms with Crippen LogP contribution in [0.1, 0.15) is 52.4 Å². The molecule has 0 aliphatic heterocycles. The molecule has 0 amide bonds. The van der Waals surface area contributed by atoms with Gasteiger partial charge in [0.15, 0.2) is 0 Å². The van der Waals surface area contributed by atoms with Crippen LogP contribution in [0.3, 0.4) is 0 Å². The highest BCUT2D eigenvalue weighted by Gasteiger charge is 2.08. The van der Waals surface area contributed by atoms with E-state index in [1.54, 1.807) is 6.92 Å². The number of nitrogens with zero attached hydrogens (tertiary/aromatic N) is 1. The summed E-state index contributed by atoms with van der Waals surface area (Å²) in [6.45, 7) is 3.78. The van der Waals surface area contributed by atoms with Crippen molar-refractivity contribution in [1.29, 1.82) is 0 Å². The van der Waals surface area contributed by atoms with Crippen LogP contribution in [0.4, 0.5) is 0 Å². The van der Waals surface area contributed by atoms with Gasteiger partial charge in [-0.25, -0.2) is 4.79 Å². The maximum atomic E-state index is 11.2. The van der Waals surface area contributed by atoms with Crippen LogP contribution in [0.5, 0.6) is 0 Å². The molecule has 0 N–H and O–H groups in total. The largest absolute Gasteiger partial charge is 0.392 e. The third-order valence-electron chi connectivity index (χ3n) is 2.12. The summed E-state index contributed by atoms with van der Waals surface area (Å²) in [7, 11) is 0. The number of hydrogen-bond acceptors (Lipinski definition) is 4. The van der Waals surface area contributed by atoms with Gasteiger partial charge in [-0.2, -0.15) is 0 Å². The van der Waals surface area contributed by atoms with Crippen molar-refractivity contribution in [2.24, 2.45) is 4.99 Å². The molecule has 0 aliphatic rings. The highest BCUT2D eigenvalue weighted by atomic mass is 16.6. The van der Waals surface area contributed by atoms with E-state index in [2.05, 4.69) is 16.7 Å². The summed E-state index contributed by atoms with van der Waals surface area (Å²) in [5, 5.41) is 0. The number of aliphatic imine (C=N–C) groups is 1. The van der Waals surface area contributed by atoms with Gasteiger partial charge in [0.05, 0.1) is 0 Å². The predicted molar refractivity (Wildman–Crippen MR) is 63.5 cm³/mol. The molecule has 0 saturated carbocycles. The smallest absolute Gasteiger partial charge is 0.335 e. The van der Waals surface area contributed by atoms with Crippen LogP contribution in [-0.2, 0) is 14.3 Å². The molecule has 0 aromatic carbocycles. The lowest BCUT2D eigenvalue weighted by atomic mass is 10.1. The maximum absolute atomic E-state index is 11.2. The van der Waals surface area contributed by atoms with Gasteiger partial charge < -0.3 is 4.74 Å². The van der Waals surface area contributed by atoms with E-state index in [-0.39, 0.29) is 6.54 Å². The van der Waals surface area contributed by atoms with Crippen LogP contribution in [0.2, 0.25) is 0 Å². The summed E-state index contributed by atoms with van der Waals surface area (Å²) in [4.78, 5) is 25.8. The molecule has 0 bridgehead atoms. The van der Waals surface area contributed by atoms with E-state index in [4.69, 9.17) is 0 Å². The van der Waals surface area contributed by atoms with Crippen LogP contribution in [0.15, 0.2) is 4.99 Å². The van der Waals surface area contributed by atoms with E-state index in [0.717, 1.165) is 19.3 Å². The Hall–Kier alpha value is -1.19. The standard InChI is InChI=1S/C12H21NO3/c1-3-5-6-7-8-9-11(14)16-12(15)10-13-4-2/h4H,3,5-10H2,1-2H3. The predicted octanol–water partition coefficient (Wildman–Crippen LogP) is 2.51. The van der Waals surface area contributed by atoms with Crippen LogP contribution in [-0.4, -0.2) is 24.7 Å². The monoisotopic (exact) mass is 227 g/mol. The van der Waals surface area contributed by atoms with Crippen molar-refractivity contribution in [2.75, 3.05) is 6.54 Å². The lowest BCUT2D eigenvalue weighted by Gasteiger charge is -2.01. The van der Waals surface area contributed by atoms with Gasteiger partial charge in [-0.3, -0.25) is 9.79 Å². The first-order valence-corrected chi connectivity index (χ1v) is 5.88. The molecule has 4 nitrogen and oxygen atoms in total. The Balaban J connectivity index is 3.47. The molecule has 0 spiro atoms. The molecule has 0 fully saturated rings. The van der Waals surface area contributed by atoms with Crippen molar-refractivity contribution in [1.82, 2.24) is 0 Å². The van der Waals surface area contributed by atoms with Gasteiger partial charge in [0.1, 0.15) is 6.54 Å². The Morgan fingerprint density at radius 2 is 1.81 bits per heavy atom. The summed E-state index contributed by atoms with van der Waals surface area (Å²) in [6, 6.07) is 0. The van der Waals surface area contributed by atoms with E-state index in [1.165, 1.54) is 19.1 Å². The number of unbranched alkanes of at least 4 members (excludes halogenated alkanes) is 4. The minimum absolute atomic E-state index is 0.0714. The van der Waals surface area contributed by atoms with Gasteiger partial charge in [-0.05, 0) is 19.6 Å². The molecule has 0 atom stereocenters. The van der Waals surface area contributed by atoms with Crippen LogP contribution < -0.4 is 0 Å². The fourth-order valence-electron chi connectivity index (χ4n) is 1.25. The average Bonchev–Trinajstić information content (AvgIpc) is 2.26. The highest BCUT2D eigenvalue weighted by molar-refractivity contribution is 5.86. The Labute approximate surface area is 97.1 Å². The molecule has 92 valence electrons. The highest BCUT2D eigenvalue weighted by Crippen LogP contribution is 2.05. The Morgan fingerprint density at radius 3 is 2.44 bits per heavy atom. The van der Waals surface area contributed by atoms with Gasteiger partial charge in [-0.1, -0.05) is 32.6 Å². The number of carbonyl (C=O) groups is 2. The molecule has 16 heavy (non-hydrogen) atoms. The fraction of sp³-hybridized carbons (Fsp3) is 0.750. The zero-order valence-corrected chi connectivity index (χ0v) is 10.2. The van der Waals surface area contributed by atoms with Crippen molar-refractivity contribution in [2.45, 2.75) is 52.4 Å². The minimum Gasteiger partial charge on any atom is -0.392 e. The van der Waals surface area contributed by atoms with Crippen molar-refractivity contribution in [3.63, 3.8) is 0 Å². The third kappa shape index (κ3) is 9.37. The van der Waals surface area contributed by atoms with Crippen molar-refractivity contribution < 1.29 is 14.3 Å². The van der Waals surface area contributed by atoms with Gasteiger partial charge >= 0.3 is 11.9 Å². The van der Waals surface area contributed by atoms with Gasteiger partial charge in [0.2, 0.25) is 0 Å². The molecule has 0 heterocycles. The zero-order chi connectivity index (χ0) is 12.2. The number of carbonyl (C=O) groups excluding carboxylic acids is 2. The Bertz CT molecular complexity index is 236. The summed E-state index contributed by atoms with van der Waals surface area (Å²) >= 11 is 0. The summed E-state index contributed by atoms with van der Waals surface area (Å²) < 4.78 is 4.57. The zero-order valence-electron chi connectivity index (χ0n) is 10.2. The molecular formula is C12H21NO3. The van der Waals surface area contributed by atoms with E-state index in [0.29, 0.717) is 6.42 Å². The van der Waals surface area contributed by atoms with Crippen LogP contribution >= 0.6 is 0 Å². The first-order valence-electron chi connectivity index (χ1n) is 5.88. The molecule has 0 rings (SSSR count). The van der Waals surface area contributed by atoms with Crippen LogP contribution in [0, 0.1) is 0 Å². The van der Waals surface area contributed by atoms with Gasteiger partial charge in [0.25, 0.3) is 0 Å². The van der Waals surface area contributed by atoms with E-state index in [1.807, 2.05) is 0 Å². The van der Waals surface area contributed by atoms with E-state index >= 15 is 0 Å². The van der Waals surface area contributed by atoms with Gasteiger partial charge in [-0.15, -0.1) is 0 Å². The molecule has 0 aliphatic carbocycles. The van der Waals surface area contributed by atoms with Gasteiger partial charge in [0, 0.05) is 6.42 Å². The summed E-state index contributed by atoms with van der Waals surface area (Å²) in [5.41, 5.74) is 0. The second-order valence-electron chi connectivity index (χ2n) is 3.61. The van der Waals surface area contributed by atoms with E-state index in [9.17, 15) is 9.59 Å². The normalized spacial score (nSPS) is 10.6. The number of esters is 2. The second kappa shape index (κ2) is 10.3. The quantitative estimate of drug-likeness (QED) is 0.277. The number of ether oxygens (including phenoxy) is 1. The van der Waals surface area contributed by atoms with Crippen molar-refractivity contribution >= 4 is 18.2 Å². The van der Waals surface area contributed by atoms with Crippen molar-refractivity contribution in [3.8, 4) is 0 Å². The Kier molecular flexibility index (Phi) is 9.56.